The van der Waals surface area contributed by atoms with Crippen molar-refractivity contribution in [1.29, 1.82) is 0 Å². The van der Waals surface area contributed by atoms with Crippen molar-refractivity contribution in [3.05, 3.63) is 37.9 Å². The van der Waals surface area contributed by atoms with Gasteiger partial charge in [-0.1, -0.05) is 13.8 Å². The van der Waals surface area contributed by atoms with E-state index in [0.717, 1.165) is 25.0 Å². The van der Waals surface area contributed by atoms with E-state index in [1.54, 1.807) is 11.3 Å². The Morgan fingerprint density at radius 3 is 2.70 bits per heavy atom. The average molecular weight is 403 g/mol. The number of rotatable bonds is 7. The number of halogens is 1. The van der Waals surface area contributed by atoms with Crippen molar-refractivity contribution < 1.29 is 0 Å². The Hall–Kier alpha value is -0.400. The molecule has 2 aromatic rings. The summed E-state index contributed by atoms with van der Waals surface area (Å²) in [5.74, 6) is 0. The van der Waals surface area contributed by atoms with Gasteiger partial charge in [0.15, 0.2) is 0 Å². The molecule has 5 heteroatoms. The largest absolute Gasteiger partial charge is 0.313 e. The van der Waals surface area contributed by atoms with Gasteiger partial charge in [-0.3, -0.25) is 4.68 Å². The van der Waals surface area contributed by atoms with Gasteiger partial charge < -0.3 is 5.32 Å². The Morgan fingerprint density at radius 2 is 2.15 bits per heavy atom. The van der Waals surface area contributed by atoms with Gasteiger partial charge in [0, 0.05) is 18.7 Å². The minimum Gasteiger partial charge on any atom is -0.313 e. The number of nitrogens with zero attached hydrogens (tertiary/aromatic N) is 2. The van der Waals surface area contributed by atoms with Crippen LogP contribution in [0.25, 0.3) is 0 Å². The summed E-state index contributed by atoms with van der Waals surface area (Å²) in [4.78, 5) is 0. The lowest BCUT2D eigenvalue weighted by molar-refractivity contribution is 0.423. The highest BCUT2D eigenvalue weighted by Crippen LogP contribution is 2.25. The van der Waals surface area contributed by atoms with Gasteiger partial charge in [-0.15, -0.1) is 11.3 Å². The van der Waals surface area contributed by atoms with Gasteiger partial charge in [-0.05, 0) is 65.6 Å². The Morgan fingerprint density at radius 1 is 1.40 bits per heavy atom. The third kappa shape index (κ3) is 3.83. The van der Waals surface area contributed by atoms with Gasteiger partial charge >= 0.3 is 0 Å². The molecule has 0 radical (unpaired) electrons. The number of hydrogen-bond donors (Lipinski definition) is 1. The first kappa shape index (κ1) is 16.0. The van der Waals surface area contributed by atoms with Gasteiger partial charge in [0.25, 0.3) is 0 Å². The number of thiophene rings is 1. The quantitative estimate of drug-likeness (QED) is 0.694. The van der Waals surface area contributed by atoms with Crippen LogP contribution in [-0.2, 0) is 6.42 Å². The molecule has 0 bridgehead atoms. The van der Waals surface area contributed by atoms with Crippen LogP contribution >= 0.6 is 33.9 Å². The number of nitrogens with one attached hydrogen (secondary N) is 1. The Labute approximate surface area is 138 Å². The predicted octanol–water partition coefficient (Wildman–Crippen LogP) is 4.41. The van der Waals surface area contributed by atoms with Crippen LogP contribution in [0, 0.1) is 2.88 Å². The summed E-state index contributed by atoms with van der Waals surface area (Å²) in [7, 11) is 2.02. The van der Waals surface area contributed by atoms with E-state index >= 15 is 0 Å². The first-order chi connectivity index (χ1) is 9.67. The molecule has 1 N–H and O–H groups in total. The second-order valence-corrected chi connectivity index (χ2v) is 7.79. The van der Waals surface area contributed by atoms with Gasteiger partial charge in [0.1, 0.15) is 0 Å². The molecule has 2 heterocycles. The fourth-order valence-corrected chi connectivity index (χ4v) is 3.88. The predicted molar refractivity (Wildman–Crippen MR) is 94.4 cm³/mol. The second-order valence-electron chi connectivity index (χ2n) is 4.99. The smallest absolute Gasteiger partial charge is 0.0656 e. The third-order valence-electron chi connectivity index (χ3n) is 3.73. The van der Waals surface area contributed by atoms with Gasteiger partial charge in [0.05, 0.1) is 14.6 Å². The highest BCUT2D eigenvalue weighted by Gasteiger charge is 2.14. The molecule has 0 aliphatic heterocycles. The molecule has 0 aliphatic rings. The lowest BCUT2D eigenvalue weighted by atomic mass is 10.1. The normalized spacial score (nSPS) is 13.1. The van der Waals surface area contributed by atoms with Crippen LogP contribution in [0.2, 0.25) is 0 Å². The number of likely N-dealkylation sites (N-methyl/N-ethyl adjacent to an activating group) is 1. The van der Waals surface area contributed by atoms with Crippen LogP contribution in [0.3, 0.4) is 0 Å². The summed E-state index contributed by atoms with van der Waals surface area (Å²) in [5.41, 5.74) is 2.52. The topological polar surface area (TPSA) is 29.9 Å². The molecule has 2 rings (SSSR count). The number of aromatic nitrogens is 2. The van der Waals surface area contributed by atoms with Crippen molar-refractivity contribution in [1.82, 2.24) is 15.1 Å². The van der Waals surface area contributed by atoms with Crippen molar-refractivity contribution in [2.45, 2.75) is 45.2 Å². The van der Waals surface area contributed by atoms with Crippen LogP contribution in [-0.4, -0.2) is 16.8 Å². The van der Waals surface area contributed by atoms with E-state index in [0.29, 0.717) is 12.1 Å². The van der Waals surface area contributed by atoms with Crippen LogP contribution in [0.1, 0.15) is 50.0 Å². The molecule has 2 aromatic heterocycles. The summed E-state index contributed by atoms with van der Waals surface area (Å²) in [6, 6.07) is 5.28. The lowest BCUT2D eigenvalue weighted by Gasteiger charge is -2.14. The maximum Gasteiger partial charge on any atom is 0.0656 e. The maximum atomic E-state index is 4.75. The minimum absolute atomic E-state index is 0.347. The van der Waals surface area contributed by atoms with Gasteiger partial charge in [-0.25, -0.2) is 0 Å². The van der Waals surface area contributed by atoms with Crippen molar-refractivity contribution in [2.24, 2.45) is 0 Å². The lowest BCUT2D eigenvalue weighted by Crippen LogP contribution is -2.18. The van der Waals surface area contributed by atoms with Crippen LogP contribution in [0.15, 0.2) is 23.7 Å². The van der Waals surface area contributed by atoms with Crippen LogP contribution in [0.5, 0.6) is 0 Å². The van der Waals surface area contributed by atoms with Gasteiger partial charge in [-0.2, -0.15) is 5.10 Å². The molecule has 0 fully saturated rings. The van der Waals surface area contributed by atoms with E-state index in [1.165, 1.54) is 8.45 Å². The zero-order valence-corrected chi connectivity index (χ0v) is 15.2. The highest BCUT2D eigenvalue weighted by molar-refractivity contribution is 14.1. The van der Waals surface area contributed by atoms with Gasteiger partial charge in [0.2, 0.25) is 0 Å². The van der Waals surface area contributed by atoms with Crippen LogP contribution in [0.4, 0.5) is 0 Å². The molecule has 0 spiro atoms. The number of hydrogen-bond acceptors (Lipinski definition) is 3. The fraction of sp³-hybridized carbons (Fsp3) is 0.533. The summed E-state index contributed by atoms with van der Waals surface area (Å²) < 4.78 is 3.46. The van der Waals surface area contributed by atoms with E-state index in [1.807, 2.05) is 7.05 Å². The standard InChI is InChI=1S/C15H22IN3S/c1-4-13(5-2)19-7-6-12(18-19)9-14(17-3)11-8-15(16)20-10-11/h6-8,10,13-14,17H,4-5,9H2,1-3H3. The fourth-order valence-electron chi connectivity index (χ4n) is 2.45. The zero-order valence-electron chi connectivity index (χ0n) is 12.3. The zero-order chi connectivity index (χ0) is 14.5. The van der Waals surface area contributed by atoms with Crippen molar-refractivity contribution in [2.75, 3.05) is 7.05 Å². The Balaban J connectivity index is 2.08. The van der Waals surface area contributed by atoms with E-state index in [-0.39, 0.29) is 0 Å². The SMILES string of the molecule is CCC(CC)n1ccc(CC(NC)c2csc(I)c2)n1. The average Bonchev–Trinajstić information content (AvgIpc) is 3.07. The molecule has 20 heavy (non-hydrogen) atoms. The molecule has 0 aromatic carbocycles. The molecule has 1 atom stereocenters. The van der Waals surface area contributed by atoms with E-state index in [9.17, 15) is 0 Å². The Bertz CT molecular complexity index is 531. The molecule has 0 aliphatic carbocycles. The van der Waals surface area contributed by atoms with E-state index < -0.39 is 0 Å². The molecule has 1 unspecified atom stereocenters. The first-order valence-corrected chi connectivity index (χ1v) is 9.09. The van der Waals surface area contributed by atoms with E-state index in [4.69, 9.17) is 5.10 Å². The maximum absolute atomic E-state index is 4.75. The molecule has 3 nitrogen and oxygen atoms in total. The summed E-state index contributed by atoms with van der Waals surface area (Å²) >= 11 is 4.17. The minimum atomic E-state index is 0.347. The first-order valence-electron chi connectivity index (χ1n) is 7.13. The second kappa shape index (κ2) is 7.56. The van der Waals surface area contributed by atoms with Crippen LogP contribution < -0.4 is 5.32 Å². The van der Waals surface area contributed by atoms with Crippen molar-refractivity contribution in [3.63, 3.8) is 0 Å². The van der Waals surface area contributed by atoms with E-state index in [2.05, 4.69) is 70.1 Å². The van der Waals surface area contributed by atoms with Crippen molar-refractivity contribution in [3.8, 4) is 0 Å². The van der Waals surface area contributed by atoms with Crippen molar-refractivity contribution >= 4 is 33.9 Å². The highest BCUT2D eigenvalue weighted by atomic mass is 127. The monoisotopic (exact) mass is 403 g/mol. The third-order valence-corrected chi connectivity index (χ3v) is 5.54. The summed E-state index contributed by atoms with van der Waals surface area (Å²) in [5, 5.41) is 10.4. The molecule has 110 valence electrons. The molecule has 0 saturated carbocycles. The summed E-state index contributed by atoms with van der Waals surface area (Å²) in [6.07, 6.45) is 5.33. The Kier molecular flexibility index (Phi) is 6.04. The summed E-state index contributed by atoms with van der Waals surface area (Å²) in [6.45, 7) is 4.44. The molecule has 0 amide bonds. The molecule has 0 saturated heterocycles. The molecular weight excluding hydrogens is 381 g/mol. The molecular formula is C15H22IN3S.